The minimum atomic E-state index is -2.95. The number of primary amides is 1. The molecule has 13 heteroatoms. The van der Waals surface area contributed by atoms with E-state index < -0.39 is 81.8 Å². The Bertz CT molecular complexity index is 2050. The lowest BCUT2D eigenvalue weighted by atomic mass is 9.55. The normalized spacial score (nSPS) is 27.0. The molecule has 1 amide bonds. The van der Waals surface area contributed by atoms with Crippen LogP contribution in [0, 0.1) is 11.8 Å². The molecular formula is C34H27NO12. The summed E-state index contributed by atoms with van der Waals surface area (Å²) in [5.74, 6) is -7.85. The van der Waals surface area contributed by atoms with Crippen LogP contribution in [0.5, 0.6) is 28.7 Å². The van der Waals surface area contributed by atoms with E-state index in [1.54, 1.807) is 49.4 Å². The Kier molecular flexibility index (Phi) is 5.99. The molecule has 0 spiro atoms. The van der Waals surface area contributed by atoms with Crippen molar-refractivity contribution in [1.82, 2.24) is 0 Å². The van der Waals surface area contributed by atoms with Gasteiger partial charge in [0, 0.05) is 35.0 Å². The zero-order valence-electron chi connectivity index (χ0n) is 24.6. The van der Waals surface area contributed by atoms with Gasteiger partial charge in [0.2, 0.25) is 19.4 Å². The number of rotatable bonds is 3. The van der Waals surface area contributed by atoms with Gasteiger partial charge in [-0.2, -0.15) is 0 Å². The summed E-state index contributed by atoms with van der Waals surface area (Å²) in [6.07, 6.45) is -2.34. The maximum atomic E-state index is 14.2. The number of hydrogen-bond donors (Lipinski definition) is 6. The van der Waals surface area contributed by atoms with E-state index in [1.807, 2.05) is 0 Å². The van der Waals surface area contributed by atoms with Crippen molar-refractivity contribution in [3.05, 3.63) is 70.5 Å². The molecule has 13 nitrogen and oxygen atoms in total. The molecule has 3 aliphatic carbocycles. The Morgan fingerprint density at radius 1 is 0.915 bits per heavy atom. The van der Waals surface area contributed by atoms with Crippen molar-refractivity contribution in [3.63, 3.8) is 0 Å². The van der Waals surface area contributed by atoms with Crippen LogP contribution in [0.3, 0.4) is 0 Å². The molecule has 0 saturated heterocycles. The lowest BCUT2D eigenvalue weighted by molar-refractivity contribution is -0.160. The number of ketones is 2. The average molecular weight is 642 g/mol. The van der Waals surface area contributed by atoms with Gasteiger partial charge in [-0.3, -0.25) is 14.4 Å². The molecule has 0 unspecified atom stereocenters. The predicted molar refractivity (Wildman–Crippen MR) is 161 cm³/mol. The van der Waals surface area contributed by atoms with Gasteiger partial charge in [0.15, 0.2) is 34.4 Å². The maximum Gasteiger partial charge on any atom is 0.255 e. The van der Waals surface area contributed by atoms with Crippen molar-refractivity contribution in [1.29, 1.82) is 0 Å². The highest BCUT2D eigenvalue weighted by atomic mass is 16.7. The molecule has 7 N–H and O–H groups in total. The lowest BCUT2D eigenvalue weighted by Crippen LogP contribution is -2.63. The number of ether oxygens (including phenoxy) is 4. The highest BCUT2D eigenvalue weighted by Gasteiger charge is 2.65. The highest BCUT2D eigenvalue weighted by Crippen LogP contribution is 2.59. The van der Waals surface area contributed by atoms with Gasteiger partial charge >= 0.3 is 0 Å². The summed E-state index contributed by atoms with van der Waals surface area (Å²) in [5.41, 5.74) is 2.83. The summed E-state index contributed by atoms with van der Waals surface area (Å²) < 4.78 is 22.3. The molecule has 0 bridgehead atoms. The van der Waals surface area contributed by atoms with E-state index in [4.69, 9.17) is 24.7 Å². The second-order valence-electron chi connectivity index (χ2n) is 12.2. The van der Waals surface area contributed by atoms with Gasteiger partial charge in [-0.1, -0.05) is 25.1 Å². The van der Waals surface area contributed by atoms with E-state index in [0.717, 1.165) is 0 Å². The molecule has 47 heavy (non-hydrogen) atoms. The molecule has 5 atom stereocenters. The van der Waals surface area contributed by atoms with Gasteiger partial charge in [-0.15, -0.1) is 0 Å². The molecule has 1 fully saturated rings. The standard InChI is InChI=1S/C34H27NO12/c1-12-22-15(13-5-6-19-21(7-13)46-10-44-19)8-16(14-3-2-4-20-30(14)47-11-45-20)27(37)25(22)29(39)26-23(12)28(38)17-9-18(36)24(33(35)42)31(40)34(17,43)32(26)41/h2-8,12,17,23,28,37-40,43H,9-11H2,1H3,(H2,35,42)/t12-,17+,23+,28+,34+/m0/s1. The number of carbonyl (C=O) groups is 3. The number of nitrogens with two attached hydrogens (primary N) is 1. The van der Waals surface area contributed by atoms with Gasteiger partial charge < -0.3 is 50.2 Å². The fourth-order valence-corrected chi connectivity index (χ4v) is 7.80. The Hall–Kier alpha value is -5.53. The molecule has 3 aromatic carbocycles. The van der Waals surface area contributed by atoms with Crippen molar-refractivity contribution >= 4 is 23.2 Å². The number of amides is 1. The fourth-order valence-electron chi connectivity index (χ4n) is 7.80. The molecule has 240 valence electrons. The topological polar surface area (TPSA) is 215 Å². The molecule has 2 heterocycles. The summed E-state index contributed by atoms with van der Waals surface area (Å²) >= 11 is 0. The third-order valence-corrected chi connectivity index (χ3v) is 9.97. The molecule has 0 aromatic heterocycles. The van der Waals surface area contributed by atoms with Crippen molar-refractivity contribution in [2.45, 2.75) is 31.0 Å². The first-order valence-electron chi connectivity index (χ1n) is 14.8. The molecular weight excluding hydrogens is 614 g/mol. The largest absolute Gasteiger partial charge is 0.508 e. The smallest absolute Gasteiger partial charge is 0.255 e. The number of aliphatic hydroxyl groups excluding tert-OH is 3. The number of aromatic hydroxyl groups is 1. The molecule has 3 aromatic rings. The summed E-state index contributed by atoms with van der Waals surface area (Å²) in [7, 11) is 0. The molecule has 0 radical (unpaired) electrons. The number of phenolic OH excluding ortho intramolecular Hbond substituents is 1. The fraction of sp³-hybridized carbons (Fsp3) is 0.265. The van der Waals surface area contributed by atoms with E-state index >= 15 is 0 Å². The van der Waals surface area contributed by atoms with Crippen LogP contribution >= 0.6 is 0 Å². The van der Waals surface area contributed by atoms with Crippen molar-refractivity contribution in [2.75, 3.05) is 13.6 Å². The number of para-hydroxylation sites is 1. The van der Waals surface area contributed by atoms with Gasteiger partial charge in [-0.05, 0) is 46.9 Å². The van der Waals surface area contributed by atoms with Crippen LogP contribution < -0.4 is 24.7 Å². The van der Waals surface area contributed by atoms with Gasteiger partial charge in [0.25, 0.3) is 5.91 Å². The first kappa shape index (κ1) is 28.9. The molecule has 8 rings (SSSR count). The Morgan fingerprint density at radius 2 is 1.64 bits per heavy atom. The number of benzene rings is 3. The zero-order chi connectivity index (χ0) is 33.1. The minimum absolute atomic E-state index is 0.0205. The highest BCUT2D eigenvalue weighted by molar-refractivity contribution is 6.23. The lowest BCUT2D eigenvalue weighted by Gasteiger charge is -2.50. The average Bonchev–Trinajstić information content (AvgIpc) is 3.72. The SMILES string of the molecule is C[C@H]1c2c(-c3ccc4c(c3)OCO4)cc(-c3cccc4c3OCO4)c(O)c2C(O)=C2C(=O)[C@]3(O)C(O)=C(C(N)=O)C(=O)C[C@@H]3[C@@H](O)[C@@H]21. The minimum Gasteiger partial charge on any atom is -0.508 e. The third kappa shape index (κ3) is 3.69. The first-order chi connectivity index (χ1) is 22.4. The number of phenols is 1. The summed E-state index contributed by atoms with van der Waals surface area (Å²) in [5, 5.41) is 58.4. The predicted octanol–water partition coefficient (Wildman–Crippen LogP) is 2.75. The van der Waals surface area contributed by atoms with E-state index in [9.17, 15) is 39.9 Å². The Balaban J connectivity index is 1.42. The third-order valence-electron chi connectivity index (χ3n) is 9.97. The van der Waals surface area contributed by atoms with Crippen LogP contribution in [0.1, 0.15) is 30.4 Å². The van der Waals surface area contributed by atoms with Crippen molar-refractivity contribution in [2.24, 2.45) is 17.6 Å². The summed E-state index contributed by atoms with van der Waals surface area (Å²) in [6.45, 7) is 1.64. The molecule has 2 aliphatic heterocycles. The monoisotopic (exact) mass is 641 g/mol. The van der Waals surface area contributed by atoms with E-state index in [1.165, 1.54) is 0 Å². The van der Waals surface area contributed by atoms with Crippen LogP contribution in [0.2, 0.25) is 0 Å². The van der Waals surface area contributed by atoms with Crippen molar-refractivity contribution < 1.29 is 58.9 Å². The van der Waals surface area contributed by atoms with Crippen LogP contribution in [-0.2, 0) is 14.4 Å². The zero-order valence-corrected chi connectivity index (χ0v) is 24.6. The number of aliphatic hydroxyl groups is 4. The first-order valence-corrected chi connectivity index (χ1v) is 14.8. The maximum absolute atomic E-state index is 14.2. The summed E-state index contributed by atoms with van der Waals surface area (Å²) in [6, 6.07) is 12.0. The van der Waals surface area contributed by atoms with Crippen LogP contribution in [0.25, 0.3) is 28.0 Å². The van der Waals surface area contributed by atoms with Crippen LogP contribution in [-0.4, -0.2) is 68.3 Å². The summed E-state index contributed by atoms with van der Waals surface area (Å²) in [4.78, 5) is 39.1. The van der Waals surface area contributed by atoms with Gasteiger partial charge in [0.05, 0.1) is 11.7 Å². The number of fused-ring (bicyclic) bond motifs is 5. The van der Waals surface area contributed by atoms with E-state index in [2.05, 4.69) is 0 Å². The second-order valence-corrected chi connectivity index (χ2v) is 12.2. The van der Waals surface area contributed by atoms with Crippen LogP contribution in [0.15, 0.2) is 59.4 Å². The van der Waals surface area contributed by atoms with Gasteiger partial charge in [-0.25, -0.2) is 0 Å². The van der Waals surface area contributed by atoms with E-state index in [-0.39, 0.29) is 24.7 Å². The number of carbonyl (C=O) groups excluding carboxylic acids is 3. The quantitative estimate of drug-likeness (QED) is 0.228. The molecule has 5 aliphatic rings. The van der Waals surface area contributed by atoms with Gasteiger partial charge in [0.1, 0.15) is 22.8 Å². The van der Waals surface area contributed by atoms with E-state index in [0.29, 0.717) is 45.3 Å². The number of Topliss-reactive ketones (excluding diaryl/α,β-unsaturated/α-hetero) is 2. The second kappa shape index (κ2) is 9.74. The Labute approximate surface area is 265 Å². The van der Waals surface area contributed by atoms with Crippen molar-refractivity contribution in [3.8, 4) is 51.0 Å². The van der Waals surface area contributed by atoms with Crippen LogP contribution in [0.4, 0.5) is 0 Å². The number of hydrogen-bond acceptors (Lipinski definition) is 12. The molecule has 1 saturated carbocycles. The Morgan fingerprint density at radius 3 is 2.40 bits per heavy atom.